The summed E-state index contributed by atoms with van der Waals surface area (Å²) >= 11 is 0. The van der Waals surface area contributed by atoms with Crippen LogP contribution in [0.25, 0.3) is 0 Å². The van der Waals surface area contributed by atoms with E-state index in [0.717, 1.165) is 19.5 Å². The summed E-state index contributed by atoms with van der Waals surface area (Å²) in [5.41, 5.74) is 0. The molecule has 1 rings (SSSR count). The minimum atomic E-state index is 0.299. The van der Waals surface area contributed by atoms with Crippen LogP contribution in [0.15, 0.2) is 4.99 Å². The van der Waals surface area contributed by atoms with E-state index < -0.39 is 0 Å². The maximum absolute atomic E-state index is 9.25. The van der Waals surface area contributed by atoms with E-state index in [2.05, 4.69) is 16.8 Å². The van der Waals surface area contributed by atoms with E-state index in [4.69, 9.17) is 0 Å². The topological polar surface area (TPSA) is 35.8 Å². The Kier molecular flexibility index (Phi) is 16.1. The molecular weight excluding hydrogens is 320 g/mol. The number of rotatable bonds is 19. The van der Waals surface area contributed by atoms with Crippen molar-refractivity contribution in [3.63, 3.8) is 0 Å². The van der Waals surface area contributed by atoms with Gasteiger partial charge in [-0.25, -0.2) is 0 Å². The van der Waals surface area contributed by atoms with Crippen LogP contribution in [0.3, 0.4) is 0 Å². The SMILES string of the molecule is CCCCCCCCCCCCCCCCCC(CCO)N1C=NCC1. The van der Waals surface area contributed by atoms with E-state index in [1.807, 2.05) is 6.34 Å². The molecule has 0 amide bonds. The minimum absolute atomic E-state index is 0.299. The Bertz CT molecular complexity index is 319. The van der Waals surface area contributed by atoms with Crippen molar-refractivity contribution in [3.05, 3.63) is 0 Å². The molecule has 1 aliphatic heterocycles. The van der Waals surface area contributed by atoms with Crippen LogP contribution in [0.2, 0.25) is 0 Å². The smallest absolute Gasteiger partial charge is 0.0853 e. The summed E-state index contributed by atoms with van der Waals surface area (Å²) in [7, 11) is 0. The van der Waals surface area contributed by atoms with Gasteiger partial charge >= 0.3 is 0 Å². The largest absolute Gasteiger partial charge is 0.396 e. The second-order valence-electron chi connectivity index (χ2n) is 8.16. The molecule has 3 heteroatoms. The third kappa shape index (κ3) is 12.7. The second kappa shape index (κ2) is 17.8. The van der Waals surface area contributed by atoms with Crippen LogP contribution >= 0.6 is 0 Å². The monoisotopic (exact) mass is 366 g/mol. The van der Waals surface area contributed by atoms with Gasteiger partial charge in [0.15, 0.2) is 0 Å². The summed E-state index contributed by atoms with van der Waals surface area (Å²) in [5, 5.41) is 9.25. The van der Waals surface area contributed by atoms with Crippen molar-refractivity contribution in [2.45, 2.75) is 122 Å². The van der Waals surface area contributed by atoms with Gasteiger partial charge in [-0.2, -0.15) is 0 Å². The summed E-state index contributed by atoms with van der Waals surface area (Å²) in [6.45, 7) is 4.57. The Morgan fingerprint density at radius 1 is 0.769 bits per heavy atom. The van der Waals surface area contributed by atoms with Crippen molar-refractivity contribution >= 4 is 6.34 Å². The zero-order valence-corrected chi connectivity index (χ0v) is 17.6. The predicted molar refractivity (Wildman–Crippen MR) is 115 cm³/mol. The van der Waals surface area contributed by atoms with Gasteiger partial charge in [0.2, 0.25) is 0 Å². The number of unbranched alkanes of at least 4 members (excludes halogenated alkanes) is 14. The zero-order valence-electron chi connectivity index (χ0n) is 17.6. The maximum Gasteiger partial charge on any atom is 0.0853 e. The molecule has 0 fully saturated rings. The number of aliphatic imine (C=N–C) groups is 1. The summed E-state index contributed by atoms with van der Waals surface area (Å²) in [5.74, 6) is 0. The zero-order chi connectivity index (χ0) is 18.7. The van der Waals surface area contributed by atoms with Crippen LogP contribution in [0, 0.1) is 0 Å². The summed E-state index contributed by atoms with van der Waals surface area (Å²) < 4.78 is 0. The third-order valence-electron chi connectivity index (χ3n) is 5.79. The Hall–Kier alpha value is -0.570. The molecule has 0 saturated carbocycles. The van der Waals surface area contributed by atoms with Gasteiger partial charge in [0.25, 0.3) is 0 Å². The standard InChI is InChI=1S/C23H46N2O/c1-2-3-4-5-6-7-8-9-10-11-12-13-14-15-16-17-23(18-21-26)25-20-19-24-22-25/h22-23,26H,2-21H2,1H3. The minimum Gasteiger partial charge on any atom is -0.396 e. The molecule has 1 aliphatic rings. The van der Waals surface area contributed by atoms with Gasteiger partial charge in [0, 0.05) is 19.2 Å². The highest BCUT2D eigenvalue weighted by molar-refractivity contribution is 5.57. The Morgan fingerprint density at radius 3 is 1.69 bits per heavy atom. The molecule has 0 aromatic heterocycles. The number of hydrogen-bond donors (Lipinski definition) is 1. The predicted octanol–water partition coefficient (Wildman–Crippen LogP) is 6.34. The molecule has 1 atom stereocenters. The first kappa shape index (κ1) is 23.5. The lowest BCUT2D eigenvalue weighted by molar-refractivity contribution is 0.219. The fourth-order valence-corrected chi connectivity index (χ4v) is 4.05. The molecule has 1 heterocycles. The van der Waals surface area contributed by atoms with Gasteiger partial charge in [-0.15, -0.1) is 0 Å². The van der Waals surface area contributed by atoms with E-state index in [1.165, 1.54) is 103 Å². The van der Waals surface area contributed by atoms with E-state index in [1.54, 1.807) is 0 Å². The summed E-state index contributed by atoms with van der Waals surface area (Å²) in [6.07, 6.45) is 25.4. The highest BCUT2D eigenvalue weighted by Gasteiger charge is 2.17. The Morgan fingerprint density at radius 2 is 1.27 bits per heavy atom. The fourth-order valence-electron chi connectivity index (χ4n) is 4.05. The number of nitrogens with zero attached hydrogens (tertiary/aromatic N) is 2. The Balaban J connectivity index is 1.80. The number of aliphatic hydroxyl groups is 1. The molecule has 3 nitrogen and oxygen atoms in total. The van der Waals surface area contributed by atoms with Gasteiger partial charge in [0.05, 0.1) is 12.9 Å². The van der Waals surface area contributed by atoms with Crippen LogP contribution in [0.5, 0.6) is 0 Å². The van der Waals surface area contributed by atoms with Gasteiger partial charge in [-0.05, 0) is 12.8 Å². The molecule has 0 aliphatic carbocycles. The lowest BCUT2D eigenvalue weighted by Crippen LogP contribution is -2.33. The normalized spacial score (nSPS) is 15.1. The first-order valence-corrected chi connectivity index (χ1v) is 11.7. The van der Waals surface area contributed by atoms with Crippen LogP contribution < -0.4 is 0 Å². The van der Waals surface area contributed by atoms with Gasteiger partial charge < -0.3 is 10.0 Å². The molecule has 1 N–H and O–H groups in total. The lowest BCUT2D eigenvalue weighted by atomic mass is 10.0. The maximum atomic E-state index is 9.25. The molecule has 0 saturated heterocycles. The van der Waals surface area contributed by atoms with Crippen LogP contribution in [-0.4, -0.2) is 42.1 Å². The first-order chi connectivity index (χ1) is 12.9. The van der Waals surface area contributed by atoms with Crippen LogP contribution in [0.1, 0.15) is 116 Å². The molecular formula is C23H46N2O. The van der Waals surface area contributed by atoms with Crippen molar-refractivity contribution < 1.29 is 5.11 Å². The van der Waals surface area contributed by atoms with E-state index in [0.29, 0.717) is 12.6 Å². The van der Waals surface area contributed by atoms with Crippen LogP contribution in [-0.2, 0) is 0 Å². The van der Waals surface area contributed by atoms with Crippen molar-refractivity contribution in [2.75, 3.05) is 19.7 Å². The number of hydrogen-bond acceptors (Lipinski definition) is 3. The average Bonchev–Trinajstić information content (AvgIpc) is 3.18. The van der Waals surface area contributed by atoms with Gasteiger partial charge in [0.1, 0.15) is 0 Å². The molecule has 0 bridgehead atoms. The van der Waals surface area contributed by atoms with Gasteiger partial charge in [-0.1, -0.05) is 103 Å². The van der Waals surface area contributed by atoms with E-state index in [9.17, 15) is 5.11 Å². The second-order valence-corrected chi connectivity index (χ2v) is 8.16. The Labute approximate surface area is 163 Å². The molecule has 0 aromatic carbocycles. The summed E-state index contributed by atoms with van der Waals surface area (Å²) in [6, 6.07) is 0.508. The first-order valence-electron chi connectivity index (χ1n) is 11.7. The highest BCUT2D eigenvalue weighted by atomic mass is 16.3. The summed E-state index contributed by atoms with van der Waals surface area (Å²) in [4.78, 5) is 6.64. The van der Waals surface area contributed by atoms with Crippen molar-refractivity contribution in [2.24, 2.45) is 4.99 Å². The molecule has 1 unspecified atom stereocenters. The molecule has 0 aromatic rings. The average molecular weight is 367 g/mol. The van der Waals surface area contributed by atoms with Crippen LogP contribution in [0.4, 0.5) is 0 Å². The van der Waals surface area contributed by atoms with Crippen molar-refractivity contribution in [1.29, 1.82) is 0 Å². The molecule has 154 valence electrons. The number of aliphatic hydroxyl groups excluding tert-OH is 1. The van der Waals surface area contributed by atoms with Crippen molar-refractivity contribution in [1.82, 2.24) is 4.90 Å². The molecule has 26 heavy (non-hydrogen) atoms. The third-order valence-corrected chi connectivity index (χ3v) is 5.79. The highest BCUT2D eigenvalue weighted by Crippen LogP contribution is 2.17. The van der Waals surface area contributed by atoms with Crippen molar-refractivity contribution in [3.8, 4) is 0 Å². The van der Waals surface area contributed by atoms with Gasteiger partial charge in [-0.3, -0.25) is 4.99 Å². The van der Waals surface area contributed by atoms with E-state index in [-0.39, 0.29) is 0 Å². The molecule has 0 spiro atoms. The fraction of sp³-hybridized carbons (Fsp3) is 0.957. The lowest BCUT2D eigenvalue weighted by Gasteiger charge is -2.26. The van der Waals surface area contributed by atoms with E-state index >= 15 is 0 Å². The quantitative estimate of drug-likeness (QED) is 0.271. The molecule has 0 radical (unpaired) electrons.